The molecular weight excluding hydrogens is 391 g/mol. The van der Waals surface area contributed by atoms with Crippen LogP contribution in [0.3, 0.4) is 0 Å². The number of carbonyl (C=O) groups is 1. The Morgan fingerprint density at radius 3 is 2.70 bits per heavy atom. The fraction of sp³-hybridized carbons (Fsp3) is 0.100. The number of aromatic carboxylic acids is 1. The summed E-state index contributed by atoms with van der Waals surface area (Å²) in [5.41, 5.74) is 1.72. The predicted octanol–water partition coefficient (Wildman–Crippen LogP) is 3.63. The maximum atomic E-state index is 12.0. The first-order valence-electron chi connectivity index (χ1n) is 8.01. The van der Waals surface area contributed by atoms with Crippen molar-refractivity contribution in [1.29, 1.82) is 0 Å². The second-order valence-corrected chi connectivity index (χ2v) is 7.10. The van der Waals surface area contributed by atoms with Gasteiger partial charge in [-0.25, -0.2) is 4.79 Å². The Balaban J connectivity index is 2.17. The maximum absolute atomic E-state index is 12.0. The van der Waals surface area contributed by atoms with Crippen LogP contribution in [0.2, 0.25) is 5.02 Å². The molecule has 0 spiro atoms. The molecule has 1 aromatic rings. The summed E-state index contributed by atoms with van der Waals surface area (Å²) in [6.07, 6.45) is 1.45. The molecule has 1 N–H and O–H groups in total. The number of benzene rings is 2. The van der Waals surface area contributed by atoms with E-state index in [2.05, 4.69) is 0 Å². The van der Waals surface area contributed by atoms with Gasteiger partial charge in [0.1, 0.15) is 11.5 Å². The molecular formula is C20H11Cl2O5-. The fourth-order valence-electron chi connectivity index (χ4n) is 3.29. The van der Waals surface area contributed by atoms with E-state index in [1.165, 1.54) is 24.3 Å². The molecule has 1 aromatic carbocycles. The van der Waals surface area contributed by atoms with Crippen molar-refractivity contribution in [3.8, 4) is 22.5 Å². The third-order valence-corrected chi connectivity index (χ3v) is 5.18. The largest absolute Gasteiger partial charge is 0.874 e. The third kappa shape index (κ3) is 2.89. The molecule has 0 fully saturated rings. The van der Waals surface area contributed by atoms with Crippen molar-refractivity contribution in [2.45, 2.75) is 11.8 Å². The Bertz CT molecular complexity index is 1150. The minimum Gasteiger partial charge on any atom is -0.874 e. The van der Waals surface area contributed by atoms with E-state index in [-0.39, 0.29) is 34.3 Å². The standard InChI is InChI=1S/C20H12Cl2O5/c21-13-5-11-17(7-15(13)23)27-18-8-16(24)14(22)6-12(18)19(11)9-3-1-2-4-10(9)20(25)26/h1-5,7-8,14,24H,6H2,(H,25,26)/p-1/t14-/m1/s1. The first kappa shape index (κ1) is 17.6. The van der Waals surface area contributed by atoms with Gasteiger partial charge in [-0.3, -0.25) is 4.79 Å². The van der Waals surface area contributed by atoms with Gasteiger partial charge in [0.15, 0.2) is 0 Å². The molecule has 3 aliphatic rings. The molecule has 1 atom stereocenters. The van der Waals surface area contributed by atoms with Gasteiger partial charge in [-0.1, -0.05) is 29.8 Å². The van der Waals surface area contributed by atoms with Gasteiger partial charge in [0, 0.05) is 28.1 Å². The molecule has 0 saturated heterocycles. The molecule has 2 aliphatic carbocycles. The number of carboxylic acids is 1. The van der Waals surface area contributed by atoms with Crippen molar-refractivity contribution in [1.82, 2.24) is 0 Å². The molecule has 0 bridgehead atoms. The average molecular weight is 402 g/mol. The second kappa shape index (κ2) is 6.44. The minimum atomic E-state index is -1.10. The fourth-order valence-corrected chi connectivity index (χ4v) is 3.68. The molecule has 4 rings (SSSR count). The summed E-state index contributed by atoms with van der Waals surface area (Å²) in [7, 11) is 0. The molecule has 0 saturated carbocycles. The van der Waals surface area contributed by atoms with Crippen LogP contribution < -0.4 is 10.5 Å². The Labute approximate surface area is 163 Å². The molecule has 27 heavy (non-hydrogen) atoms. The van der Waals surface area contributed by atoms with E-state index in [9.17, 15) is 19.8 Å². The Hall–Kier alpha value is -2.76. The summed E-state index contributed by atoms with van der Waals surface area (Å²) in [5, 5.41) is 20.8. The third-order valence-electron chi connectivity index (χ3n) is 4.51. The van der Waals surface area contributed by atoms with Gasteiger partial charge >= 0.3 is 5.97 Å². The topological polar surface area (TPSA) is 90.6 Å². The van der Waals surface area contributed by atoms with E-state index < -0.39 is 16.8 Å². The van der Waals surface area contributed by atoms with Crippen molar-refractivity contribution in [2.24, 2.45) is 0 Å². The number of hydrogen-bond acceptors (Lipinski definition) is 4. The molecule has 0 aromatic heterocycles. The zero-order valence-corrected chi connectivity index (χ0v) is 15.2. The van der Waals surface area contributed by atoms with Crippen LogP contribution in [-0.2, 0) is 6.42 Å². The van der Waals surface area contributed by atoms with Gasteiger partial charge in [0.05, 0.1) is 10.6 Å². The van der Waals surface area contributed by atoms with Crippen molar-refractivity contribution >= 4 is 35.2 Å². The van der Waals surface area contributed by atoms with E-state index in [4.69, 9.17) is 27.6 Å². The number of fused-ring (bicyclic) bond motifs is 2. The number of alkyl halides is 1. The highest BCUT2D eigenvalue weighted by Gasteiger charge is 2.28. The summed E-state index contributed by atoms with van der Waals surface area (Å²) in [6, 6.07) is 9.17. The SMILES string of the molecule is O=C(O)c1ccccc1-c1c2cc(Cl)c(=O)cc-2oc2c1C[C@@H](Cl)C([O-])=C2. The molecule has 0 radical (unpaired) electrons. The van der Waals surface area contributed by atoms with Crippen LogP contribution in [0.15, 0.2) is 51.4 Å². The number of hydrogen-bond donors (Lipinski definition) is 1. The van der Waals surface area contributed by atoms with E-state index in [1.807, 2.05) is 0 Å². The van der Waals surface area contributed by atoms with Crippen LogP contribution in [0.5, 0.6) is 0 Å². The van der Waals surface area contributed by atoms with E-state index in [1.54, 1.807) is 18.2 Å². The molecule has 136 valence electrons. The maximum Gasteiger partial charge on any atom is 0.336 e. The van der Waals surface area contributed by atoms with Crippen LogP contribution in [0, 0.1) is 0 Å². The lowest BCUT2D eigenvalue weighted by Crippen LogP contribution is -2.23. The van der Waals surface area contributed by atoms with Crippen molar-refractivity contribution < 1.29 is 19.4 Å². The van der Waals surface area contributed by atoms with Crippen LogP contribution in [0.25, 0.3) is 28.5 Å². The number of carboxylic acid groups (broad SMARTS) is 1. The van der Waals surface area contributed by atoms with Gasteiger partial charge in [0.2, 0.25) is 5.43 Å². The zero-order valence-electron chi connectivity index (χ0n) is 13.7. The molecule has 1 aliphatic heterocycles. The zero-order chi connectivity index (χ0) is 19.3. The first-order valence-corrected chi connectivity index (χ1v) is 8.83. The minimum absolute atomic E-state index is 0.00926. The first-order chi connectivity index (χ1) is 12.9. The summed E-state index contributed by atoms with van der Waals surface area (Å²) in [6.45, 7) is 0. The molecule has 5 nitrogen and oxygen atoms in total. The lowest BCUT2D eigenvalue weighted by atomic mass is 9.86. The summed E-state index contributed by atoms with van der Waals surface area (Å²) >= 11 is 12.2. The molecule has 0 unspecified atom stereocenters. The predicted molar refractivity (Wildman–Crippen MR) is 100 cm³/mol. The normalized spacial score (nSPS) is 16.1. The van der Waals surface area contributed by atoms with E-state index in [0.717, 1.165) is 0 Å². The van der Waals surface area contributed by atoms with Crippen LogP contribution in [-0.4, -0.2) is 16.5 Å². The highest BCUT2D eigenvalue weighted by Crippen LogP contribution is 2.43. The summed E-state index contributed by atoms with van der Waals surface area (Å²) in [4.78, 5) is 23.7. The Morgan fingerprint density at radius 1 is 1.22 bits per heavy atom. The lowest BCUT2D eigenvalue weighted by Gasteiger charge is -2.28. The molecule has 7 heteroatoms. The van der Waals surface area contributed by atoms with Crippen LogP contribution >= 0.6 is 23.2 Å². The van der Waals surface area contributed by atoms with Gasteiger partial charge in [-0.15, -0.1) is 17.4 Å². The van der Waals surface area contributed by atoms with Gasteiger partial charge in [0.25, 0.3) is 0 Å². The molecule has 0 amide bonds. The van der Waals surface area contributed by atoms with Gasteiger partial charge in [-0.05, 0) is 30.2 Å². The highest BCUT2D eigenvalue weighted by atomic mass is 35.5. The van der Waals surface area contributed by atoms with Crippen molar-refractivity contribution in [2.75, 3.05) is 0 Å². The summed E-state index contributed by atoms with van der Waals surface area (Å²) < 4.78 is 5.76. The summed E-state index contributed by atoms with van der Waals surface area (Å²) in [5.74, 6) is -0.920. The van der Waals surface area contributed by atoms with Crippen molar-refractivity contribution in [3.05, 3.63) is 74.3 Å². The number of halogens is 2. The Morgan fingerprint density at radius 2 is 1.96 bits per heavy atom. The molecule has 1 heterocycles. The van der Waals surface area contributed by atoms with E-state index >= 15 is 0 Å². The monoisotopic (exact) mass is 401 g/mol. The van der Waals surface area contributed by atoms with Crippen molar-refractivity contribution in [3.63, 3.8) is 0 Å². The van der Waals surface area contributed by atoms with Gasteiger partial charge < -0.3 is 14.6 Å². The van der Waals surface area contributed by atoms with E-state index in [0.29, 0.717) is 22.3 Å². The van der Waals surface area contributed by atoms with Gasteiger partial charge in [-0.2, -0.15) is 0 Å². The number of rotatable bonds is 2. The highest BCUT2D eigenvalue weighted by molar-refractivity contribution is 6.31. The smallest absolute Gasteiger partial charge is 0.336 e. The lowest BCUT2D eigenvalue weighted by molar-refractivity contribution is -0.304. The quantitative estimate of drug-likeness (QED) is 0.662. The average Bonchev–Trinajstić information content (AvgIpc) is 2.63. The second-order valence-electron chi connectivity index (χ2n) is 6.17. The Kier molecular flexibility index (Phi) is 4.21. The number of allylic oxidation sites excluding steroid dienone is 1. The van der Waals surface area contributed by atoms with Crippen LogP contribution in [0.4, 0.5) is 0 Å². The van der Waals surface area contributed by atoms with Crippen LogP contribution in [0.1, 0.15) is 21.7 Å².